The van der Waals surface area contributed by atoms with E-state index < -0.39 is 0 Å². The Kier molecular flexibility index (Phi) is 2.88. The Morgan fingerprint density at radius 1 is 1.24 bits per heavy atom. The van der Waals surface area contributed by atoms with Crippen LogP contribution in [0.3, 0.4) is 0 Å². The highest BCUT2D eigenvalue weighted by molar-refractivity contribution is 5.90. The second-order valence-electron chi connectivity index (χ2n) is 4.81. The summed E-state index contributed by atoms with van der Waals surface area (Å²) in [6.07, 6.45) is 1.01. The fourth-order valence-electron chi connectivity index (χ4n) is 1.60. The second kappa shape index (κ2) is 4.20. The van der Waals surface area contributed by atoms with Crippen LogP contribution in [0.4, 0.5) is 11.8 Å². The number of benzene rings is 1. The van der Waals surface area contributed by atoms with Gasteiger partial charge in [0.15, 0.2) is 0 Å². The molecule has 0 spiro atoms. The fourth-order valence-corrected chi connectivity index (χ4v) is 1.60. The first-order valence-electron chi connectivity index (χ1n) is 5.82. The van der Waals surface area contributed by atoms with E-state index in [0.29, 0.717) is 5.95 Å². The lowest BCUT2D eigenvalue weighted by Crippen LogP contribution is -2.30. The number of nitrogens with zero attached hydrogens (tertiary/aromatic N) is 2. The lowest BCUT2D eigenvalue weighted by molar-refractivity contribution is 0.546. The summed E-state index contributed by atoms with van der Waals surface area (Å²) in [5.74, 6) is 1.11. The molecule has 0 aliphatic rings. The molecule has 0 saturated carbocycles. The Morgan fingerprint density at radius 2 is 1.94 bits per heavy atom. The number of nitrogen functional groups attached to an aromatic ring is 1. The van der Waals surface area contributed by atoms with Gasteiger partial charge in [-0.3, -0.25) is 0 Å². The fraction of sp³-hybridized carbons (Fsp3) is 0.385. The molecule has 0 aliphatic carbocycles. The molecular formula is C13H18N4. The van der Waals surface area contributed by atoms with E-state index >= 15 is 0 Å². The molecule has 3 N–H and O–H groups in total. The number of hydrogen-bond donors (Lipinski definition) is 2. The Morgan fingerprint density at radius 3 is 2.65 bits per heavy atom. The van der Waals surface area contributed by atoms with Crippen molar-refractivity contribution in [1.29, 1.82) is 0 Å². The Balaban J connectivity index is 2.53. The van der Waals surface area contributed by atoms with Crippen LogP contribution in [0, 0.1) is 0 Å². The molecule has 17 heavy (non-hydrogen) atoms. The largest absolute Gasteiger partial charge is 0.368 e. The van der Waals surface area contributed by atoms with Gasteiger partial charge in [-0.05, 0) is 32.4 Å². The van der Waals surface area contributed by atoms with E-state index in [1.807, 2.05) is 24.3 Å². The molecule has 0 fully saturated rings. The summed E-state index contributed by atoms with van der Waals surface area (Å²) >= 11 is 0. The van der Waals surface area contributed by atoms with E-state index in [0.717, 1.165) is 23.1 Å². The highest BCUT2D eigenvalue weighted by Crippen LogP contribution is 2.24. The molecule has 4 heteroatoms. The SMILES string of the molecule is CCC(C)(C)Nc1nc(N)nc2ccccc12. The maximum Gasteiger partial charge on any atom is 0.222 e. The number of nitrogens with one attached hydrogen (secondary N) is 1. The molecule has 0 radical (unpaired) electrons. The number of fused-ring (bicyclic) bond motifs is 1. The third-order valence-corrected chi connectivity index (χ3v) is 2.96. The van der Waals surface area contributed by atoms with Crippen molar-refractivity contribution in [2.45, 2.75) is 32.7 Å². The minimum absolute atomic E-state index is 0.0104. The van der Waals surface area contributed by atoms with Crippen LogP contribution >= 0.6 is 0 Å². The van der Waals surface area contributed by atoms with Crippen molar-refractivity contribution < 1.29 is 0 Å². The maximum absolute atomic E-state index is 5.72. The van der Waals surface area contributed by atoms with Crippen LogP contribution < -0.4 is 11.1 Å². The zero-order valence-corrected chi connectivity index (χ0v) is 10.5. The van der Waals surface area contributed by atoms with E-state index in [2.05, 4.69) is 36.1 Å². The molecule has 1 aromatic carbocycles. The maximum atomic E-state index is 5.72. The molecule has 0 aliphatic heterocycles. The Hall–Kier alpha value is -1.84. The number of aromatic nitrogens is 2. The summed E-state index contributed by atoms with van der Waals surface area (Å²) in [4.78, 5) is 8.51. The number of hydrogen-bond acceptors (Lipinski definition) is 4. The lowest BCUT2D eigenvalue weighted by Gasteiger charge is -2.25. The van der Waals surface area contributed by atoms with Crippen molar-refractivity contribution in [2.24, 2.45) is 0 Å². The summed E-state index contributed by atoms with van der Waals surface area (Å²) in [6.45, 7) is 6.42. The van der Waals surface area contributed by atoms with Crippen molar-refractivity contribution in [3.05, 3.63) is 24.3 Å². The van der Waals surface area contributed by atoms with Crippen molar-refractivity contribution in [1.82, 2.24) is 9.97 Å². The first-order chi connectivity index (χ1) is 8.02. The van der Waals surface area contributed by atoms with Gasteiger partial charge in [0.1, 0.15) is 5.82 Å². The van der Waals surface area contributed by atoms with Crippen LogP contribution in [0.25, 0.3) is 10.9 Å². The monoisotopic (exact) mass is 230 g/mol. The second-order valence-corrected chi connectivity index (χ2v) is 4.81. The Bertz CT molecular complexity index is 534. The quantitative estimate of drug-likeness (QED) is 0.851. The van der Waals surface area contributed by atoms with E-state index in [1.165, 1.54) is 0 Å². The van der Waals surface area contributed by atoms with Gasteiger partial charge in [0.05, 0.1) is 5.52 Å². The highest BCUT2D eigenvalue weighted by Gasteiger charge is 2.17. The summed E-state index contributed by atoms with van der Waals surface area (Å²) in [5.41, 5.74) is 6.58. The minimum Gasteiger partial charge on any atom is -0.368 e. The minimum atomic E-state index is -0.0104. The van der Waals surface area contributed by atoms with Gasteiger partial charge in [-0.1, -0.05) is 19.1 Å². The van der Waals surface area contributed by atoms with Crippen LogP contribution in [0.5, 0.6) is 0 Å². The summed E-state index contributed by atoms with van der Waals surface area (Å²) in [7, 11) is 0. The smallest absolute Gasteiger partial charge is 0.222 e. The van der Waals surface area contributed by atoms with Crippen LogP contribution in [-0.2, 0) is 0 Å². The van der Waals surface area contributed by atoms with E-state index in [9.17, 15) is 0 Å². The molecule has 0 bridgehead atoms. The average molecular weight is 230 g/mol. The molecule has 4 nitrogen and oxygen atoms in total. The standard InChI is InChI=1S/C13H18N4/c1-4-13(2,3)17-11-9-7-5-6-8-10(9)15-12(14)16-11/h5-8H,4H2,1-3H3,(H3,14,15,16,17). The van der Waals surface area contributed by atoms with Crippen molar-refractivity contribution in [2.75, 3.05) is 11.1 Å². The topological polar surface area (TPSA) is 63.8 Å². The highest BCUT2D eigenvalue weighted by atomic mass is 15.1. The van der Waals surface area contributed by atoms with Crippen LogP contribution in [0.15, 0.2) is 24.3 Å². The van der Waals surface area contributed by atoms with Crippen LogP contribution in [0.1, 0.15) is 27.2 Å². The molecule has 0 atom stereocenters. The van der Waals surface area contributed by atoms with Gasteiger partial charge in [0.2, 0.25) is 5.95 Å². The molecule has 0 saturated heterocycles. The molecule has 2 rings (SSSR count). The van der Waals surface area contributed by atoms with Gasteiger partial charge in [0, 0.05) is 10.9 Å². The zero-order chi connectivity index (χ0) is 12.5. The zero-order valence-electron chi connectivity index (χ0n) is 10.5. The summed E-state index contributed by atoms with van der Waals surface area (Å²) in [6, 6.07) is 7.87. The van der Waals surface area contributed by atoms with Gasteiger partial charge < -0.3 is 11.1 Å². The van der Waals surface area contributed by atoms with Gasteiger partial charge >= 0.3 is 0 Å². The van der Waals surface area contributed by atoms with E-state index in [4.69, 9.17) is 5.73 Å². The van der Waals surface area contributed by atoms with E-state index in [-0.39, 0.29) is 5.54 Å². The molecule has 0 amide bonds. The molecule has 90 valence electrons. The van der Waals surface area contributed by atoms with Gasteiger partial charge in [-0.2, -0.15) is 4.98 Å². The van der Waals surface area contributed by atoms with Gasteiger partial charge in [-0.15, -0.1) is 0 Å². The predicted octanol–water partition coefficient (Wildman–Crippen LogP) is 2.81. The number of anilines is 2. The number of rotatable bonds is 3. The molecular weight excluding hydrogens is 212 g/mol. The molecule has 0 unspecified atom stereocenters. The number of nitrogens with two attached hydrogens (primary N) is 1. The van der Waals surface area contributed by atoms with Gasteiger partial charge in [0.25, 0.3) is 0 Å². The number of para-hydroxylation sites is 1. The first kappa shape index (κ1) is 11.6. The summed E-state index contributed by atoms with van der Waals surface area (Å²) in [5, 5.41) is 4.42. The average Bonchev–Trinajstić information content (AvgIpc) is 2.28. The third-order valence-electron chi connectivity index (χ3n) is 2.96. The van der Waals surface area contributed by atoms with Crippen molar-refractivity contribution in [3.63, 3.8) is 0 Å². The predicted molar refractivity (Wildman–Crippen MR) is 71.9 cm³/mol. The van der Waals surface area contributed by atoms with Crippen molar-refractivity contribution >= 4 is 22.7 Å². The molecule has 2 aromatic rings. The lowest BCUT2D eigenvalue weighted by atomic mass is 10.0. The first-order valence-corrected chi connectivity index (χ1v) is 5.82. The Labute approximate surface area is 101 Å². The van der Waals surface area contributed by atoms with Crippen LogP contribution in [0.2, 0.25) is 0 Å². The normalized spacial score (nSPS) is 11.7. The van der Waals surface area contributed by atoms with E-state index in [1.54, 1.807) is 0 Å². The summed E-state index contributed by atoms with van der Waals surface area (Å²) < 4.78 is 0. The third kappa shape index (κ3) is 2.46. The molecule has 1 heterocycles. The van der Waals surface area contributed by atoms with Gasteiger partial charge in [-0.25, -0.2) is 4.98 Å². The van der Waals surface area contributed by atoms with Crippen molar-refractivity contribution in [3.8, 4) is 0 Å². The van der Waals surface area contributed by atoms with Crippen LogP contribution in [-0.4, -0.2) is 15.5 Å². The molecule has 1 aromatic heterocycles.